The molecule has 0 amide bonds. The van der Waals surface area contributed by atoms with Gasteiger partial charge in [-0.05, 0) is 69.2 Å². The quantitative estimate of drug-likeness (QED) is 0.377. The first kappa shape index (κ1) is 13.1. The lowest BCUT2D eigenvalue weighted by atomic mass is 10.1. The number of aryl methyl sites for hydroxylation is 1. The van der Waals surface area contributed by atoms with Gasteiger partial charge in [0.25, 0.3) is 0 Å². The fourth-order valence-corrected chi connectivity index (χ4v) is 5.06. The molecule has 1 aromatic carbocycles. The highest BCUT2D eigenvalue weighted by molar-refractivity contribution is 14.1. The number of rotatable bonds is 2. The molecule has 4 heteroatoms. The van der Waals surface area contributed by atoms with Crippen LogP contribution in [0.3, 0.4) is 0 Å². The maximum atomic E-state index is 3.77. The van der Waals surface area contributed by atoms with Gasteiger partial charge in [-0.3, -0.25) is 0 Å². The number of halogens is 3. The van der Waals surface area contributed by atoms with E-state index in [4.69, 9.17) is 0 Å². The summed E-state index contributed by atoms with van der Waals surface area (Å²) in [4.78, 5) is 2.94. The Morgan fingerprint density at radius 3 is 2.62 bits per heavy atom. The van der Waals surface area contributed by atoms with E-state index < -0.39 is 0 Å². The van der Waals surface area contributed by atoms with Gasteiger partial charge in [-0.2, -0.15) is 0 Å². The van der Waals surface area contributed by atoms with Crippen LogP contribution < -0.4 is 0 Å². The van der Waals surface area contributed by atoms with Crippen molar-refractivity contribution in [1.82, 2.24) is 0 Å². The second kappa shape index (κ2) is 5.50. The van der Waals surface area contributed by atoms with Crippen LogP contribution >= 0.6 is 65.8 Å². The minimum absolute atomic E-state index is 0.273. The molecule has 1 heterocycles. The van der Waals surface area contributed by atoms with Crippen molar-refractivity contribution < 1.29 is 0 Å². The topological polar surface area (TPSA) is 0 Å². The Hall–Kier alpha value is 0.610. The molecule has 0 bridgehead atoms. The summed E-state index contributed by atoms with van der Waals surface area (Å²) in [6, 6.07) is 10.7. The van der Waals surface area contributed by atoms with Crippen LogP contribution in [0, 0.1) is 10.5 Å². The van der Waals surface area contributed by atoms with E-state index in [0.717, 1.165) is 0 Å². The summed E-state index contributed by atoms with van der Waals surface area (Å²) in [5.74, 6) is 0. The molecular weight excluding hydrogens is 463 g/mol. The molecule has 1 unspecified atom stereocenters. The van der Waals surface area contributed by atoms with Crippen molar-refractivity contribution in [3.05, 3.63) is 53.7 Å². The molecule has 0 fully saturated rings. The van der Waals surface area contributed by atoms with E-state index in [0.29, 0.717) is 0 Å². The molecule has 0 spiro atoms. The summed E-state index contributed by atoms with van der Waals surface area (Å²) in [7, 11) is 0. The van der Waals surface area contributed by atoms with E-state index in [-0.39, 0.29) is 4.83 Å². The van der Waals surface area contributed by atoms with E-state index in [1.165, 1.54) is 23.4 Å². The van der Waals surface area contributed by atoms with Crippen molar-refractivity contribution in [3.8, 4) is 0 Å². The molecule has 0 saturated heterocycles. The third-order valence-corrected chi connectivity index (χ3v) is 6.20. The van der Waals surface area contributed by atoms with Crippen molar-refractivity contribution in [1.29, 1.82) is 0 Å². The molecule has 0 aliphatic heterocycles. The fourth-order valence-electron chi connectivity index (χ4n) is 1.49. The van der Waals surface area contributed by atoms with Crippen LogP contribution in [0.15, 0.2) is 34.8 Å². The largest absolute Gasteiger partial charge is 0.143 e. The van der Waals surface area contributed by atoms with Gasteiger partial charge in [0, 0.05) is 17.8 Å². The van der Waals surface area contributed by atoms with Crippen LogP contribution in [0.4, 0.5) is 0 Å². The smallest absolute Gasteiger partial charge is 0.0749 e. The third kappa shape index (κ3) is 2.89. The van der Waals surface area contributed by atoms with Crippen LogP contribution in [-0.4, -0.2) is 0 Å². The molecule has 0 aliphatic carbocycles. The van der Waals surface area contributed by atoms with E-state index >= 15 is 0 Å². The summed E-state index contributed by atoms with van der Waals surface area (Å²) < 4.78 is 2.46. The number of thiophene rings is 1. The van der Waals surface area contributed by atoms with E-state index in [1.807, 2.05) is 11.3 Å². The van der Waals surface area contributed by atoms with Crippen molar-refractivity contribution in [3.63, 3.8) is 0 Å². The molecule has 0 nitrogen and oxygen atoms in total. The van der Waals surface area contributed by atoms with E-state index in [2.05, 4.69) is 91.7 Å². The lowest BCUT2D eigenvalue weighted by molar-refractivity contribution is 1.21. The van der Waals surface area contributed by atoms with Gasteiger partial charge in [-0.1, -0.05) is 28.1 Å². The molecule has 2 rings (SSSR count). The first-order valence-electron chi connectivity index (χ1n) is 4.73. The summed E-state index contributed by atoms with van der Waals surface area (Å²) in [5, 5.41) is 0. The van der Waals surface area contributed by atoms with Crippen molar-refractivity contribution in [2.75, 3.05) is 0 Å². The molecule has 16 heavy (non-hydrogen) atoms. The minimum Gasteiger partial charge on any atom is -0.143 e. The van der Waals surface area contributed by atoms with Crippen LogP contribution in [0.2, 0.25) is 0 Å². The van der Waals surface area contributed by atoms with Crippen molar-refractivity contribution >= 4 is 65.8 Å². The van der Waals surface area contributed by atoms with Gasteiger partial charge in [0.1, 0.15) is 0 Å². The highest BCUT2D eigenvalue weighted by atomic mass is 127. The Bertz CT molecular complexity index is 507. The average molecular weight is 472 g/mol. The third-order valence-electron chi connectivity index (χ3n) is 2.21. The van der Waals surface area contributed by atoms with Crippen LogP contribution in [0.25, 0.3) is 0 Å². The second-order valence-corrected chi connectivity index (χ2v) is 7.79. The Morgan fingerprint density at radius 1 is 1.31 bits per heavy atom. The highest BCUT2D eigenvalue weighted by Gasteiger charge is 2.16. The number of hydrogen-bond acceptors (Lipinski definition) is 1. The molecule has 84 valence electrons. The van der Waals surface area contributed by atoms with Gasteiger partial charge >= 0.3 is 0 Å². The predicted octanol–water partition coefficient (Wildman–Crippen LogP) is 5.91. The Morgan fingerprint density at radius 2 is 2.06 bits per heavy atom. The SMILES string of the molecule is Cc1cc(Br)c(C(Br)c2cccc(I)c2)s1. The highest BCUT2D eigenvalue weighted by Crippen LogP contribution is 2.40. The zero-order valence-corrected chi connectivity index (χ0v) is 14.7. The van der Waals surface area contributed by atoms with E-state index in [9.17, 15) is 0 Å². The zero-order valence-electron chi connectivity index (χ0n) is 8.51. The Labute approximate surface area is 130 Å². The van der Waals surface area contributed by atoms with Gasteiger partial charge in [0.15, 0.2) is 0 Å². The van der Waals surface area contributed by atoms with Gasteiger partial charge in [-0.25, -0.2) is 0 Å². The lowest BCUT2D eigenvalue weighted by Gasteiger charge is -2.09. The molecule has 0 saturated carbocycles. The molecule has 0 aliphatic rings. The average Bonchev–Trinajstić information content (AvgIpc) is 2.57. The van der Waals surface area contributed by atoms with E-state index in [1.54, 1.807) is 0 Å². The molecule has 0 N–H and O–H groups in total. The Balaban J connectivity index is 2.38. The monoisotopic (exact) mass is 470 g/mol. The molecule has 2 aromatic rings. The Kier molecular flexibility index (Phi) is 4.49. The summed E-state index contributed by atoms with van der Waals surface area (Å²) in [6.07, 6.45) is 0. The second-order valence-electron chi connectivity index (χ2n) is 3.49. The number of hydrogen-bond donors (Lipinski definition) is 0. The van der Waals surface area contributed by atoms with Crippen molar-refractivity contribution in [2.45, 2.75) is 11.8 Å². The lowest BCUT2D eigenvalue weighted by Crippen LogP contribution is -1.90. The van der Waals surface area contributed by atoms with Gasteiger partial charge < -0.3 is 0 Å². The van der Waals surface area contributed by atoms with Crippen LogP contribution in [0.1, 0.15) is 20.1 Å². The molecule has 1 atom stereocenters. The predicted molar refractivity (Wildman–Crippen MR) is 86.7 cm³/mol. The standard InChI is InChI=1S/C12H9Br2IS/c1-7-5-10(13)12(16-7)11(14)8-3-2-4-9(15)6-8/h2-6,11H,1H3. The zero-order chi connectivity index (χ0) is 11.7. The van der Waals surface area contributed by atoms with Gasteiger partial charge in [-0.15, -0.1) is 11.3 Å². The summed E-state index contributed by atoms with van der Waals surface area (Å²) in [5.41, 5.74) is 1.30. The summed E-state index contributed by atoms with van der Waals surface area (Å²) >= 11 is 11.6. The maximum Gasteiger partial charge on any atom is 0.0749 e. The van der Waals surface area contributed by atoms with Crippen molar-refractivity contribution in [2.24, 2.45) is 0 Å². The first-order chi connectivity index (χ1) is 7.58. The molecular formula is C12H9Br2IS. The van der Waals surface area contributed by atoms with Crippen LogP contribution in [-0.2, 0) is 0 Å². The first-order valence-corrected chi connectivity index (χ1v) is 8.33. The number of benzene rings is 1. The van der Waals surface area contributed by atoms with Gasteiger partial charge in [0.2, 0.25) is 0 Å². The molecule has 0 radical (unpaired) electrons. The fraction of sp³-hybridized carbons (Fsp3) is 0.167. The van der Waals surface area contributed by atoms with Crippen LogP contribution in [0.5, 0.6) is 0 Å². The summed E-state index contributed by atoms with van der Waals surface area (Å²) in [6.45, 7) is 2.13. The normalized spacial score (nSPS) is 12.8. The molecule has 1 aromatic heterocycles. The maximum absolute atomic E-state index is 3.77. The van der Waals surface area contributed by atoms with Gasteiger partial charge in [0.05, 0.1) is 4.83 Å². The minimum atomic E-state index is 0.273. The number of alkyl halides is 1.